The second-order valence-corrected chi connectivity index (χ2v) is 4.20. The number of carbonyl (C=O) groups is 1. The summed E-state index contributed by atoms with van der Waals surface area (Å²) in [6, 6.07) is 3.94. The van der Waals surface area contributed by atoms with Gasteiger partial charge in [0.15, 0.2) is 0 Å². The fourth-order valence-corrected chi connectivity index (χ4v) is 2.19. The molecule has 2 heterocycles. The topological polar surface area (TPSA) is 59.2 Å². The first-order valence-corrected chi connectivity index (χ1v) is 5.66. The van der Waals surface area contributed by atoms with Gasteiger partial charge in [-0.3, -0.25) is 9.78 Å². The molecule has 1 amide bonds. The van der Waals surface area contributed by atoms with Crippen LogP contribution in [0.5, 0.6) is 0 Å². The highest BCUT2D eigenvalue weighted by Crippen LogP contribution is 2.19. The molecule has 0 aliphatic carbocycles. The predicted molar refractivity (Wildman–Crippen MR) is 76.6 cm³/mol. The van der Waals surface area contributed by atoms with Crippen molar-refractivity contribution in [1.82, 2.24) is 9.88 Å². The highest BCUT2D eigenvalue weighted by Gasteiger charge is 2.29. The van der Waals surface area contributed by atoms with E-state index in [-0.39, 0.29) is 36.8 Å². The molecule has 1 unspecified atom stereocenters. The first kappa shape index (κ1) is 17.2. The monoisotopic (exact) mass is 291 g/mol. The van der Waals surface area contributed by atoms with Crippen LogP contribution in [0.1, 0.15) is 28.9 Å². The van der Waals surface area contributed by atoms with Crippen molar-refractivity contribution in [2.45, 2.75) is 25.8 Å². The number of hydrogen-bond acceptors (Lipinski definition) is 3. The number of rotatable bonds is 2. The molecule has 0 radical (unpaired) electrons. The molecule has 1 aromatic rings. The summed E-state index contributed by atoms with van der Waals surface area (Å²) in [7, 11) is 0. The van der Waals surface area contributed by atoms with Crippen LogP contribution in [-0.2, 0) is 0 Å². The number of amides is 1. The molecule has 102 valence electrons. The van der Waals surface area contributed by atoms with E-state index in [1.807, 2.05) is 24.0 Å². The van der Waals surface area contributed by atoms with Crippen molar-refractivity contribution in [1.29, 1.82) is 0 Å². The van der Waals surface area contributed by atoms with Gasteiger partial charge in [0.05, 0.1) is 0 Å². The molecule has 0 spiro atoms. The summed E-state index contributed by atoms with van der Waals surface area (Å²) in [6.45, 7) is 3.25. The molecule has 1 atom stereocenters. The van der Waals surface area contributed by atoms with E-state index >= 15 is 0 Å². The Morgan fingerprint density at radius 2 is 2.28 bits per heavy atom. The van der Waals surface area contributed by atoms with Crippen LogP contribution in [0.25, 0.3) is 0 Å². The first-order valence-electron chi connectivity index (χ1n) is 5.66. The maximum absolute atomic E-state index is 12.2. The van der Waals surface area contributed by atoms with Crippen molar-refractivity contribution in [3.8, 4) is 0 Å². The Balaban J connectivity index is 0.00000144. The molecular formula is C12H19Cl2N3O. The lowest BCUT2D eigenvalue weighted by Crippen LogP contribution is -2.40. The number of nitrogens with zero attached hydrogens (tertiary/aromatic N) is 2. The summed E-state index contributed by atoms with van der Waals surface area (Å²) in [5.74, 6) is 0.0195. The van der Waals surface area contributed by atoms with Gasteiger partial charge >= 0.3 is 0 Å². The second kappa shape index (κ2) is 7.56. The van der Waals surface area contributed by atoms with Gasteiger partial charge in [-0.2, -0.15) is 0 Å². The molecule has 4 nitrogen and oxygen atoms in total. The summed E-state index contributed by atoms with van der Waals surface area (Å²) >= 11 is 0. The number of nitrogens with two attached hydrogens (primary N) is 1. The van der Waals surface area contributed by atoms with Gasteiger partial charge in [0.2, 0.25) is 0 Å². The highest BCUT2D eigenvalue weighted by molar-refractivity contribution is 5.94. The molecule has 1 saturated heterocycles. The Labute approximate surface area is 120 Å². The summed E-state index contributed by atoms with van der Waals surface area (Å²) in [6.07, 6.45) is 3.71. The molecule has 6 heteroatoms. The SMILES string of the molecule is Cc1cccnc1C(=O)N1CCCC1CN.Cl.Cl. The minimum absolute atomic E-state index is 0. The Bertz CT molecular complexity index is 401. The normalized spacial score (nSPS) is 17.9. The van der Waals surface area contributed by atoms with Crippen LogP contribution in [0.2, 0.25) is 0 Å². The third-order valence-corrected chi connectivity index (χ3v) is 3.12. The number of carbonyl (C=O) groups excluding carboxylic acids is 1. The van der Waals surface area contributed by atoms with Gasteiger partial charge in [-0.1, -0.05) is 6.07 Å². The zero-order valence-electron chi connectivity index (χ0n) is 10.3. The fourth-order valence-electron chi connectivity index (χ4n) is 2.19. The molecule has 2 rings (SSSR count). The predicted octanol–water partition coefficient (Wildman–Crippen LogP) is 1.80. The molecule has 2 N–H and O–H groups in total. The summed E-state index contributed by atoms with van der Waals surface area (Å²) in [5, 5.41) is 0. The molecule has 18 heavy (non-hydrogen) atoms. The van der Waals surface area contributed by atoms with Gasteiger partial charge in [-0.05, 0) is 31.4 Å². The van der Waals surface area contributed by atoms with Crippen LogP contribution >= 0.6 is 24.8 Å². The van der Waals surface area contributed by atoms with Crippen molar-refractivity contribution in [3.63, 3.8) is 0 Å². The first-order chi connectivity index (χ1) is 7.74. The average molecular weight is 292 g/mol. The quantitative estimate of drug-likeness (QED) is 0.904. The summed E-state index contributed by atoms with van der Waals surface area (Å²) < 4.78 is 0. The molecule has 0 bridgehead atoms. The van der Waals surface area contributed by atoms with Crippen molar-refractivity contribution in [2.75, 3.05) is 13.1 Å². The largest absolute Gasteiger partial charge is 0.333 e. The zero-order valence-corrected chi connectivity index (χ0v) is 12.0. The van der Waals surface area contributed by atoms with E-state index in [2.05, 4.69) is 4.98 Å². The maximum Gasteiger partial charge on any atom is 0.273 e. The minimum Gasteiger partial charge on any atom is -0.333 e. The van der Waals surface area contributed by atoms with E-state index in [0.717, 1.165) is 24.9 Å². The average Bonchev–Trinajstić information content (AvgIpc) is 2.77. The van der Waals surface area contributed by atoms with E-state index in [1.165, 1.54) is 0 Å². The van der Waals surface area contributed by atoms with E-state index < -0.39 is 0 Å². The van der Waals surface area contributed by atoms with Crippen molar-refractivity contribution in [3.05, 3.63) is 29.6 Å². The van der Waals surface area contributed by atoms with Crippen LogP contribution in [0.15, 0.2) is 18.3 Å². The lowest BCUT2D eigenvalue weighted by Gasteiger charge is -2.23. The lowest BCUT2D eigenvalue weighted by atomic mass is 10.2. The van der Waals surface area contributed by atoms with Crippen LogP contribution in [0, 0.1) is 6.92 Å². The lowest BCUT2D eigenvalue weighted by molar-refractivity contribution is 0.0734. The summed E-state index contributed by atoms with van der Waals surface area (Å²) in [4.78, 5) is 18.3. The van der Waals surface area contributed by atoms with Crippen LogP contribution in [0.4, 0.5) is 0 Å². The smallest absolute Gasteiger partial charge is 0.273 e. The number of pyridine rings is 1. The van der Waals surface area contributed by atoms with Crippen LogP contribution < -0.4 is 5.73 Å². The third kappa shape index (κ3) is 3.34. The molecule has 1 fully saturated rings. The van der Waals surface area contributed by atoms with Gasteiger partial charge in [-0.25, -0.2) is 0 Å². The van der Waals surface area contributed by atoms with E-state index in [4.69, 9.17) is 5.73 Å². The fraction of sp³-hybridized carbons (Fsp3) is 0.500. The number of aromatic nitrogens is 1. The highest BCUT2D eigenvalue weighted by atomic mass is 35.5. The maximum atomic E-state index is 12.2. The minimum atomic E-state index is 0. The van der Waals surface area contributed by atoms with Gasteiger partial charge in [0.25, 0.3) is 5.91 Å². The Hall–Kier alpha value is -0.840. The van der Waals surface area contributed by atoms with E-state index in [9.17, 15) is 4.79 Å². The van der Waals surface area contributed by atoms with Crippen LogP contribution in [-0.4, -0.2) is 34.9 Å². The molecule has 0 saturated carbocycles. The standard InChI is InChI=1S/C12H17N3O.2ClH/c1-9-4-2-6-14-11(9)12(16)15-7-3-5-10(15)8-13;;/h2,4,6,10H,3,5,7-8,13H2,1H3;2*1H. The van der Waals surface area contributed by atoms with Crippen molar-refractivity contribution in [2.24, 2.45) is 5.73 Å². The molecule has 0 aromatic carbocycles. The molecule has 1 aromatic heterocycles. The number of aryl methyl sites for hydroxylation is 1. The zero-order chi connectivity index (χ0) is 11.5. The molecule has 1 aliphatic rings. The second-order valence-electron chi connectivity index (χ2n) is 4.20. The number of hydrogen-bond donors (Lipinski definition) is 1. The van der Waals surface area contributed by atoms with E-state index in [1.54, 1.807) is 6.20 Å². The summed E-state index contributed by atoms with van der Waals surface area (Å²) in [5.41, 5.74) is 7.15. The third-order valence-electron chi connectivity index (χ3n) is 3.12. The van der Waals surface area contributed by atoms with Crippen molar-refractivity contribution < 1.29 is 4.79 Å². The number of halogens is 2. The van der Waals surface area contributed by atoms with Gasteiger partial charge in [0.1, 0.15) is 5.69 Å². The van der Waals surface area contributed by atoms with E-state index in [0.29, 0.717) is 12.2 Å². The Morgan fingerprint density at radius 3 is 2.89 bits per heavy atom. The Kier molecular flexibility index (Phi) is 7.21. The van der Waals surface area contributed by atoms with Gasteiger partial charge in [-0.15, -0.1) is 24.8 Å². The molecule has 1 aliphatic heterocycles. The van der Waals surface area contributed by atoms with Crippen molar-refractivity contribution >= 4 is 30.7 Å². The van der Waals surface area contributed by atoms with Crippen LogP contribution in [0.3, 0.4) is 0 Å². The van der Waals surface area contributed by atoms with Gasteiger partial charge < -0.3 is 10.6 Å². The molecular weight excluding hydrogens is 273 g/mol. The Morgan fingerprint density at radius 1 is 1.56 bits per heavy atom. The number of likely N-dealkylation sites (tertiary alicyclic amines) is 1. The van der Waals surface area contributed by atoms with Gasteiger partial charge in [0, 0.05) is 25.3 Å².